The molecule has 0 bridgehead atoms. The summed E-state index contributed by atoms with van der Waals surface area (Å²) in [4.78, 5) is 11.6. The van der Waals surface area contributed by atoms with Gasteiger partial charge in [-0.05, 0) is 26.7 Å². The molecule has 0 atom stereocenters. The molecule has 0 unspecified atom stereocenters. The van der Waals surface area contributed by atoms with E-state index in [9.17, 15) is 9.90 Å². The van der Waals surface area contributed by atoms with E-state index in [-0.39, 0.29) is 12.5 Å². The van der Waals surface area contributed by atoms with Gasteiger partial charge in [0.2, 0.25) is 5.91 Å². The number of hydrogen-bond acceptors (Lipinski definition) is 3. The van der Waals surface area contributed by atoms with Crippen LogP contribution in [0.3, 0.4) is 0 Å². The lowest BCUT2D eigenvalue weighted by Crippen LogP contribution is -2.59. The summed E-state index contributed by atoms with van der Waals surface area (Å²) in [5.74, 6) is -0.227. The first-order chi connectivity index (χ1) is 6.31. The molecule has 0 heterocycles. The van der Waals surface area contributed by atoms with E-state index in [2.05, 4.69) is 5.32 Å². The maximum Gasteiger partial charge on any atom is 0.240 e. The molecule has 4 heteroatoms. The Morgan fingerprint density at radius 2 is 1.79 bits per heavy atom. The molecule has 0 aromatic heterocycles. The van der Waals surface area contributed by atoms with E-state index in [0.29, 0.717) is 12.8 Å². The molecule has 0 aliphatic heterocycles. The molecule has 0 saturated carbocycles. The van der Waals surface area contributed by atoms with Gasteiger partial charge in [-0.3, -0.25) is 4.79 Å². The van der Waals surface area contributed by atoms with Gasteiger partial charge in [0.05, 0.1) is 17.7 Å². The molecule has 4 N–H and O–H groups in total. The average Bonchev–Trinajstić information content (AvgIpc) is 2.12. The number of carbonyl (C=O) groups is 1. The number of carbonyl (C=O) groups excluding carboxylic acids is 1. The first-order valence-electron chi connectivity index (χ1n) is 5.03. The minimum atomic E-state index is -0.898. The Hall–Kier alpha value is -0.610. The number of amides is 1. The van der Waals surface area contributed by atoms with Crippen molar-refractivity contribution in [1.82, 2.24) is 5.32 Å². The fraction of sp³-hybridized carbons (Fsp3) is 0.900. The molecule has 0 aromatic carbocycles. The van der Waals surface area contributed by atoms with Crippen LogP contribution in [0.1, 0.15) is 40.5 Å². The van der Waals surface area contributed by atoms with Crippen LogP contribution < -0.4 is 11.1 Å². The molecule has 4 nitrogen and oxygen atoms in total. The van der Waals surface area contributed by atoms with Crippen LogP contribution in [0.25, 0.3) is 0 Å². The van der Waals surface area contributed by atoms with E-state index in [1.165, 1.54) is 0 Å². The van der Waals surface area contributed by atoms with Crippen molar-refractivity contribution < 1.29 is 9.90 Å². The summed E-state index contributed by atoms with van der Waals surface area (Å²) < 4.78 is 0. The van der Waals surface area contributed by atoms with Gasteiger partial charge in [0.15, 0.2) is 0 Å². The van der Waals surface area contributed by atoms with Crippen LogP contribution in [-0.2, 0) is 4.79 Å². The van der Waals surface area contributed by atoms with Crippen molar-refractivity contribution >= 4 is 5.91 Å². The third-order valence-electron chi connectivity index (χ3n) is 2.62. The van der Waals surface area contributed by atoms with E-state index in [0.717, 1.165) is 0 Å². The number of nitrogens with two attached hydrogens (primary N) is 1. The Morgan fingerprint density at radius 1 is 1.36 bits per heavy atom. The predicted molar refractivity (Wildman–Crippen MR) is 56.8 cm³/mol. The first kappa shape index (κ1) is 13.4. The lowest BCUT2D eigenvalue weighted by molar-refractivity contribution is -0.128. The zero-order chi connectivity index (χ0) is 11.4. The number of hydrogen-bond donors (Lipinski definition) is 3. The summed E-state index contributed by atoms with van der Waals surface area (Å²) >= 11 is 0. The van der Waals surface area contributed by atoms with E-state index in [4.69, 9.17) is 5.73 Å². The highest BCUT2D eigenvalue weighted by molar-refractivity contribution is 5.85. The molecule has 0 rings (SSSR count). The van der Waals surface area contributed by atoms with Crippen molar-refractivity contribution in [1.29, 1.82) is 0 Å². The van der Waals surface area contributed by atoms with Crippen LogP contribution in [0, 0.1) is 0 Å². The van der Waals surface area contributed by atoms with Crippen LogP contribution in [-0.4, -0.2) is 28.7 Å². The fourth-order valence-electron chi connectivity index (χ4n) is 1.09. The van der Waals surface area contributed by atoms with Crippen LogP contribution in [0.4, 0.5) is 0 Å². The fourth-order valence-corrected chi connectivity index (χ4v) is 1.09. The third-order valence-corrected chi connectivity index (χ3v) is 2.62. The largest absolute Gasteiger partial charge is 0.394 e. The number of rotatable bonds is 5. The molecular formula is C10H22N2O2. The normalized spacial score (nSPS) is 12.7. The van der Waals surface area contributed by atoms with Gasteiger partial charge < -0.3 is 16.2 Å². The standard InChI is InChI=1S/C10H22N2O2/c1-5-10(6-2,7-13)12-8(14)9(3,4)11/h13H,5-7,11H2,1-4H3,(H,12,14). The summed E-state index contributed by atoms with van der Waals surface area (Å²) in [7, 11) is 0. The molecule has 0 aromatic rings. The first-order valence-corrected chi connectivity index (χ1v) is 5.03. The highest BCUT2D eigenvalue weighted by Crippen LogP contribution is 2.15. The number of aliphatic hydroxyl groups excluding tert-OH is 1. The number of aliphatic hydroxyl groups is 1. The van der Waals surface area contributed by atoms with Crippen LogP contribution in [0.5, 0.6) is 0 Å². The second-order valence-electron chi connectivity index (χ2n) is 4.32. The lowest BCUT2D eigenvalue weighted by atomic mass is 9.92. The van der Waals surface area contributed by atoms with Crippen molar-refractivity contribution in [2.75, 3.05) is 6.61 Å². The Labute approximate surface area is 85.9 Å². The van der Waals surface area contributed by atoms with Crippen molar-refractivity contribution in [3.63, 3.8) is 0 Å². The van der Waals surface area contributed by atoms with Crippen molar-refractivity contribution in [3.05, 3.63) is 0 Å². The zero-order valence-corrected chi connectivity index (χ0v) is 9.55. The monoisotopic (exact) mass is 202 g/mol. The van der Waals surface area contributed by atoms with Gasteiger partial charge in [-0.25, -0.2) is 0 Å². The SMILES string of the molecule is CCC(CC)(CO)NC(=O)C(C)(C)N. The second kappa shape index (κ2) is 4.75. The van der Waals surface area contributed by atoms with E-state index in [1.54, 1.807) is 13.8 Å². The molecule has 0 spiro atoms. The van der Waals surface area contributed by atoms with Crippen LogP contribution in [0.2, 0.25) is 0 Å². The van der Waals surface area contributed by atoms with Gasteiger partial charge in [-0.2, -0.15) is 0 Å². The summed E-state index contributed by atoms with van der Waals surface area (Å²) in [5.41, 5.74) is 4.24. The van der Waals surface area contributed by atoms with Gasteiger partial charge in [-0.15, -0.1) is 0 Å². The summed E-state index contributed by atoms with van der Waals surface area (Å²) in [5, 5.41) is 12.0. The van der Waals surface area contributed by atoms with Gasteiger partial charge in [-0.1, -0.05) is 13.8 Å². The molecule has 0 radical (unpaired) electrons. The van der Waals surface area contributed by atoms with E-state index < -0.39 is 11.1 Å². The number of nitrogens with one attached hydrogen (secondary N) is 1. The maximum absolute atomic E-state index is 11.6. The summed E-state index contributed by atoms with van der Waals surface area (Å²) in [6.45, 7) is 7.11. The van der Waals surface area contributed by atoms with Crippen molar-refractivity contribution in [3.8, 4) is 0 Å². The summed E-state index contributed by atoms with van der Waals surface area (Å²) in [6.07, 6.45) is 1.39. The Bertz CT molecular complexity index is 185. The molecule has 0 saturated heterocycles. The summed E-state index contributed by atoms with van der Waals surface area (Å²) in [6, 6.07) is 0. The Balaban J connectivity index is 4.54. The van der Waals surface area contributed by atoms with Crippen molar-refractivity contribution in [2.24, 2.45) is 5.73 Å². The van der Waals surface area contributed by atoms with E-state index in [1.807, 2.05) is 13.8 Å². The Kier molecular flexibility index (Phi) is 4.55. The minimum Gasteiger partial charge on any atom is -0.394 e. The molecule has 0 aliphatic rings. The molecule has 0 fully saturated rings. The van der Waals surface area contributed by atoms with Crippen LogP contribution >= 0.6 is 0 Å². The van der Waals surface area contributed by atoms with Crippen molar-refractivity contribution in [2.45, 2.75) is 51.6 Å². The average molecular weight is 202 g/mol. The van der Waals surface area contributed by atoms with Gasteiger partial charge in [0.25, 0.3) is 0 Å². The van der Waals surface area contributed by atoms with E-state index >= 15 is 0 Å². The van der Waals surface area contributed by atoms with Gasteiger partial charge >= 0.3 is 0 Å². The van der Waals surface area contributed by atoms with Crippen LogP contribution in [0.15, 0.2) is 0 Å². The molecular weight excluding hydrogens is 180 g/mol. The molecule has 0 aliphatic carbocycles. The smallest absolute Gasteiger partial charge is 0.240 e. The molecule has 14 heavy (non-hydrogen) atoms. The highest BCUT2D eigenvalue weighted by Gasteiger charge is 2.32. The predicted octanol–water partition coefficient (Wildman–Crippen LogP) is 0.391. The maximum atomic E-state index is 11.6. The molecule has 1 amide bonds. The third kappa shape index (κ3) is 3.27. The minimum absolute atomic E-state index is 0.0537. The Morgan fingerprint density at radius 3 is 2.00 bits per heavy atom. The topological polar surface area (TPSA) is 75.3 Å². The zero-order valence-electron chi connectivity index (χ0n) is 9.55. The highest BCUT2D eigenvalue weighted by atomic mass is 16.3. The van der Waals surface area contributed by atoms with Gasteiger partial charge in [0.1, 0.15) is 0 Å². The lowest BCUT2D eigenvalue weighted by Gasteiger charge is -2.33. The second-order valence-corrected chi connectivity index (χ2v) is 4.32. The van der Waals surface area contributed by atoms with Gasteiger partial charge in [0, 0.05) is 0 Å². The molecule has 84 valence electrons. The quantitative estimate of drug-likeness (QED) is 0.603.